The highest BCUT2D eigenvalue weighted by molar-refractivity contribution is 6.35. The summed E-state index contributed by atoms with van der Waals surface area (Å²) in [5.41, 5.74) is 7.43. The van der Waals surface area contributed by atoms with Crippen LogP contribution < -0.4 is 11.1 Å². The molecule has 0 heterocycles. The average molecular weight is 321 g/mol. The van der Waals surface area contributed by atoms with Gasteiger partial charge in [0.1, 0.15) is 0 Å². The second kappa shape index (κ2) is 5.24. The van der Waals surface area contributed by atoms with Crippen molar-refractivity contribution in [3.05, 3.63) is 58.1 Å². The lowest BCUT2D eigenvalue weighted by Crippen LogP contribution is -2.27. The van der Waals surface area contributed by atoms with Crippen molar-refractivity contribution in [1.29, 1.82) is 0 Å². The maximum Gasteiger partial charge on any atom is 0.235 e. The molecule has 1 aliphatic carbocycles. The Balaban J connectivity index is 1.85. The molecule has 1 amide bonds. The Morgan fingerprint density at radius 1 is 1.10 bits per heavy atom. The summed E-state index contributed by atoms with van der Waals surface area (Å²) in [6, 6.07) is 12.4. The van der Waals surface area contributed by atoms with E-state index in [0.29, 0.717) is 21.4 Å². The van der Waals surface area contributed by atoms with Gasteiger partial charge in [0, 0.05) is 10.7 Å². The summed E-state index contributed by atoms with van der Waals surface area (Å²) in [6.45, 7) is 0. The largest absolute Gasteiger partial charge is 0.399 e. The van der Waals surface area contributed by atoms with Crippen molar-refractivity contribution in [2.75, 3.05) is 11.1 Å². The van der Waals surface area contributed by atoms with Crippen LogP contribution in [0.4, 0.5) is 11.4 Å². The normalized spacial score (nSPS) is 15.5. The van der Waals surface area contributed by atoms with Crippen molar-refractivity contribution in [2.24, 2.45) is 0 Å². The van der Waals surface area contributed by atoms with Crippen LogP contribution in [0.15, 0.2) is 42.5 Å². The predicted octanol–water partition coefficient (Wildman–Crippen LogP) is 4.25. The van der Waals surface area contributed by atoms with E-state index < -0.39 is 5.41 Å². The summed E-state index contributed by atoms with van der Waals surface area (Å²) in [7, 11) is 0. The lowest BCUT2D eigenvalue weighted by molar-refractivity contribution is -0.118. The molecule has 0 atom stereocenters. The maximum absolute atomic E-state index is 12.6. The molecule has 0 spiro atoms. The molecule has 0 unspecified atom stereocenters. The first-order valence-electron chi connectivity index (χ1n) is 6.64. The van der Waals surface area contributed by atoms with Gasteiger partial charge in [-0.1, -0.05) is 35.3 Å². The lowest BCUT2D eigenvalue weighted by Gasteiger charge is -2.17. The summed E-state index contributed by atoms with van der Waals surface area (Å²) in [5.74, 6) is -0.0589. The fourth-order valence-electron chi connectivity index (χ4n) is 2.41. The van der Waals surface area contributed by atoms with Crippen LogP contribution in [-0.2, 0) is 10.2 Å². The quantitative estimate of drug-likeness (QED) is 0.831. The minimum atomic E-state index is -0.473. The third-order valence-electron chi connectivity index (χ3n) is 3.82. The van der Waals surface area contributed by atoms with E-state index in [-0.39, 0.29) is 5.91 Å². The Hall–Kier alpha value is -1.71. The number of hydrogen-bond donors (Lipinski definition) is 2. The third-order valence-corrected chi connectivity index (χ3v) is 4.39. The molecule has 2 aromatic carbocycles. The molecular weight excluding hydrogens is 307 g/mol. The van der Waals surface area contributed by atoms with E-state index in [4.69, 9.17) is 28.9 Å². The average Bonchev–Trinajstić information content (AvgIpc) is 3.25. The highest BCUT2D eigenvalue weighted by Gasteiger charge is 2.51. The van der Waals surface area contributed by atoms with Crippen LogP contribution in [0.5, 0.6) is 0 Å². The Morgan fingerprint density at radius 3 is 2.38 bits per heavy atom. The van der Waals surface area contributed by atoms with Crippen LogP contribution in [0.1, 0.15) is 18.4 Å². The summed E-state index contributed by atoms with van der Waals surface area (Å²) >= 11 is 12.0. The van der Waals surface area contributed by atoms with E-state index in [0.717, 1.165) is 18.4 Å². The minimum Gasteiger partial charge on any atom is -0.399 e. The molecule has 3 rings (SSSR count). The van der Waals surface area contributed by atoms with E-state index in [9.17, 15) is 4.79 Å². The monoisotopic (exact) mass is 320 g/mol. The maximum atomic E-state index is 12.6. The predicted molar refractivity (Wildman–Crippen MR) is 86.9 cm³/mol. The molecule has 3 N–H and O–H groups in total. The number of nitrogen functional groups attached to an aromatic ring is 1. The molecule has 0 aliphatic heterocycles. The zero-order valence-corrected chi connectivity index (χ0v) is 12.7. The number of hydrogen-bond acceptors (Lipinski definition) is 2. The van der Waals surface area contributed by atoms with Crippen LogP contribution in [0.25, 0.3) is 0 Å². The van der Waals surface area contributed by atoms with E-state index in [1.54, 1.807) is 18.2 Å². The topological polar surface area (TPSA) is 55.1 Å². The van der Waals surface area contributed by atoms with Gasteiger partial charge in [-0.15, -0.1) is 0 Å². The van der Waals surface area contributed by atoms with E-state index >= 15 is 0 Å². The van der Waals surface area contributed by atoms with Gasteiger partial charge >= 0.3 is 0 Å². The number of carbonyl (C=O) groups excluding carboxylic acids is 1. The molecule has 2 aromatic rings. The number of anilines is 2. The van der Waals surface area contributed by atoms with Crippen molar-refractivity contribution >= 4 is 40.5 Å². The van der Waals surface area contributed by atoms with Gasteiger partial charge in [-0.3, -0.25) is 4.79 Å². The van der Waals surface area contributed by atoms with Crippen LogP contribution in [0.2, 0.25) is 10.0 Å². The lowest BCUT2D eigenvalue weighted by atomic mass is 9.94. The number of halogens is 2. The Labute approximate surface area is 133 Å². The molecule has 0 saturated heterocycles. The molecule has 0 bridgehead atoms. The molecule has 21 heavy (non-hydrogen) atoms. The number of rotatable bonds is 3. The van der Waals surface area contributed by atoms with Gasteiger partial charge in [0.05, 0.1) is 16.1 Å². The molecule has 0 radical (unpaired) electrons. The Kier molecular flexibility index (Phi) is 3.56. The molecule has 5 heteroatoms. The summed E-state index contributed by atoms with van der Waals surface area (Å²) in [6.07, 6.45) is 1.64. The van der Waals surface area contributed by atoms with Crippen LogP contribution in [0.3, 0.4) is 0 Å². The van der Waals surface area contributed by atoms with Crippen LogP contribution in [0, 0.1) is 0 Å². The smallest absolute Gasteiger partial charge is 0.235 e. The highest BCUT2D eigenvalue weighted by Crippen LogP contribution is 2.49. The Bertz CT molecular complexity index is 694. The first-order valence-corrected chi connectivity index (χ1v) is 7.39. The molecule has 1 fully saturated rings. The van der Waals surface area contributed by atoms with Gasteiger partial charge in [-0.25, -0.2) is 0 Å². The number of benzene rings is 2. The molecule has 108 valence electrons. The minimum absolute atomic E-state index is 0.0589. The van der Waals surface area contributed by atoms with Crippen LogP contribution >= 0.6 is 23.2 Å². The van der Waals surface area contributed by atoms with Gasteiger partial charge in [-0.2, -0.15) is 0 Å². The fourth-order valence-corrected chi connectivity index (χ4v) is 2.75. The summed E-state index contributed by atoms with van der Waals surface area (Å²) < 4.78 is 0. The highest BCUT2D eigenvalue weighted by atomic mass is 35.5. The molecule has 0 aromatic heterocycles. The molecule has 3 nitrogen and oxygen atoms in total. The first-order chi connectivity index (χ1) is 10.0. The van der Waals surface area contributed by atoms with Crippen molar-refractivity contribution in [2.45, 2.75) is 18.3 Å². The number of carbonyl (C=O) groups is 1. The number of nitrogens with two attached hydrogens (primary N) is 1. The van der Waals surface area contributed by atoms with Crippen molar-refractivity contribution < 1.29 is 4.79 Å². The second-order valence-electron chi connectivity index (χ2n) is 5.28. The summed E-state index contributed by atoms with van der Waals surface area (Å²) in [5, 5.41) is 3.89. The number of amides is 1. The number of nitrogens with one attached hydrogen (secondary N) is 1. The Morgan fingerprint density at radius 2 is 1.76 bits per heavy atom. The summed E-state index contributed by atoms with van der Waals surface area (Å²) in [4.78, 5) is 12.6. The van der Waals surface area contributed by atoms with Crippen molar-refractivity contribution in [3.63, 3.8) is 0 Å². The van der Waals surface area contributed by atoms with Crippen LogP contribution in [-0.4, -0.2) is 5.91 Å². The van der Waals surface area contributed by atoms with E-state index in [1.165, 1.54) is 0 Å². The third kappa shape index (κ3) is 2.71. The zero-order chi connectivity index (χ0) is 15.0. The van der Waals surface area contributed by atoms with Crippen molar-refractivity contribution in [1.82, 2.24) is 0 Å². The van der Waals surface area contributed by atoms with Gasteiger partial charge < -0.3 is 11.1 Å². The molecule has 1 saturated carbocycles. The van der Waals surface area contributed by atoms with Gasteiger partial charge in [0.15, 0.2) is 0 Å². The van der Waals surface area contributed by atoms with E-state index in [2.05, 4.69) is 5.32 Å². The zero-order valence-electron chi connectivity index (χ0n) is 11.2. The molecule has 1 aliphatic rings. The van der Waals surface area contributed by atoms with E-state index in [1.807, 2.05) is 24.3 Å². The molecular formula is C16H14Cl2N2O. The van der Waals surface area contributed by atoms with Gasteiger partial charge in [-0.05, 0) is 48.7 Å². The van der Waals surface area contributed by atoms with Gasteiger partial charge in [0.2, 0.25) is 5.91 Å². The van der Waals surface area contributed by atoms with Gasteiger partial charge in [0.25, 0.3) is 0 Å². The second-order valence-corrected chi connectivity index (χ2v) is 6.13. The fraction of sp³-hybridized carbons (Fsp3) is 0.188. The first kappa shape index (κ1) is 14.2. The standard InChI is InChI=1S/C16H14Cl2N2O/c17-11-3-6-13(18)14(9-11)20-15(21)16(7-8-16)10-1-4-12(19)5-2-10/h1-6,9H,7-8,19H2,(H,20,21). The SMILES string of the molecule is Nc1ccc(C2(C(=O)Nc3cc(Cl)ccc3Cl)CC2)cc1. The van der Waals surface area contributed by atoms with Crippen molar-refractivity contribution in [3.8, 4) is 0 Å².